The van der Waals surface area contributed by atoms with Crippen molar-refractivity contribution in [3.63, 3.8) is 0 Å². The van der Waals surface area contributed by atoms with Gasteiger partial charge in [-0.2, -0.15) is 0 Å². The number of non-ortho nitro benzene ring substituents is 1. The number of nitro groups is 1. The number of nitrogens with zero attached hydrogens (tertiary/aromatic N) is 1. The fourth-order valence-electron chi connectivity index (χ4n) is 2.81. The molecule has 1 heterocycles. The fourth-order valence-corrected chi connectivity index (χ4v) is 2.81. The minimum Gasteiger partial charge on any atom is -0.388 e. The van der Waals surface area contributed by atoms with Crippen LogP contribution in [0.5, 0.6) is 0 Å². The van der Waals surface area contributed by atoms with E-state index in [0.29, 0.717) is 5.92 Å². The van der Waals surface area contributed by atoms with Crippen molar-refractivity contribution in [2.24, 2.45) is 5.92 Å². The minimum absolute atomic E-state index is 0.0984. The van der Waals surface area contributed by atoms with Gasteiger partial charge in [0.2, 0.25) is 0 Å². The molecule has 1 aromatic rings. The van der Waals surface area contributed by atoms with E-state index < -0.39 is 0 Å². The van der Waals surface area contributed by atoms with E-state index in [-0.39, 0.29) is 22.8 Å². The topological polar surface area (TPSA) is 76.4 Å². The van der Waals surface area contributed by atoms with Crippen LogP contribution in [0.25, 0.3) is 0 Å². The molecule has 3 rings (SSSR count). The van der Waals surface area contributed by atoms with Crippen molar-refractivity contribution in [3.05, 3.63) is 28.3 Å². The van der Waals surface area contributed by atoms with Gasteiger partial charge in [-0.3, -0.25) is 10.1 Å². The van der Waals surface area contributed by atoms with Crippen LogP contribution in [-0.2, 0) is 4.74 Å². The van der Waals surface area contributed by atoms with E-state index >= 15 is 0 Å². The van der Waals surface area contributed by atoms with E-state index in [9.17, 15) is 10.1 Å². The molecule has 0 radical (unpaired) electrons. The molecule has 1 aliphatic carbocycles. The van der Waals surface area contributed by atoms with Gasteiger partial charge in [-0.05, 0) is 31.2 Å². The van der Waals surface area contributed by atoms with Gasteiger partial charge >= 0.3 is 0 Å². The second-order valence-corrected chi connectivity index (χ2v) is 5.49. The van der Waals surface area contributed by atoms with Gasteiger partial charge in [0, 0.05) is 37.2 Å². The smallest absolute Gasteiger partial charge is 0.273 e. The molecule has 1 aromatic carbocycles. The molecule has 0 aromatic heterocycles. The zero-order valence-electron chi connectivity index (χ0n) is 11.5. The Kier molecular flexibility index (Phi) is 3.48. The standard InChI is InChI=1S/C14H19N3O3/c1-15-10-6-11(8-12(7-10)17(18)19)16-13-4-5-20-14(13)9-2-3-9/h6-9,13-16H,2-5H2,1H3. The third kappa shape index (κ3) is 2.70. The molecule has 1 aliphatic heterocycles. The summed E-state index contributed by atoms with van der Waals surface area (Å²) in [6.07, 6.45) is 3.69. The van der Waals surface area contributed by atoms with Gasteiger partial charge in [0.15, 0.2) is 0 Å². The predicted molar refractivity (Wildman–Crippen MR) is 77.1 cm³/mol. The van der Waals surface area contributed by atoms with Crippen molar-refractivity contribution < 1.29 is 9.66 Å². The molecule has 108 valence electrons. The van der Waals surface area contributed by atoms with Gasteiger partial charge in [-0.1, -0.05) is 0 Å². The zero-order valence-corrected chi connectivity index (χ0v) is 11.5. The van der Waals surface area contributed by atoms with Crippen molar-refractivity contribution in [1.82, 2.24) is 0 Å². The monoisotopic (exact) mass is 277 g/mol. The first kappa shape index (κ1) is 13.2. The highest BCUT2D eigenvalue weighted by molar-refractivity contribution is 5.63. The van der Waals surface area contributed by atoms with Crippen LogP contribution < -0.4 is 10.6 Å². The summed E-state index contributed by atoms with van der Waals surface area (Å²) in [5.41, 5.74) is 1.62. The Hall–Kier alpha value is -1.82. The summed E-state index contributed by atoms with van der Waals surface area (Å²) in [6.45, 7) is 0.770. The lowest BCUT2D eigenvalue weighted by atomic mass is 10.1. The summed E-state index contributed by atoms with van der Waals surface area (Å²) in [5, 5.41) is 17.3. The van der Waals surface area contributed by atoms with Crippen LogP contribution in [0, 0.1) is 16.0 Å². The molecule has 2 fully saturated rings. The first-order chi connectivity index (χ1) is 9.67. The third-order valence-corrected chi connectivity index (χ3v) is 3.99. The molecule has 6 heteroatoms. The normalized spacial score (nSPS) is 25.4. The maximum atomic E-state index is 11.0. The molecule has 0 amide bonds. The van der Waals surface area contributed by atoms with Crippen LogP contribution in [0.3, 0.4) is 0 Å². The lowest BCUT2D eigenvalue weighted by Gasteiger charge is -2.21. The Labute approximate surface area is 117 Å². The average molecular weight is 277 g/mol. The Morgan fingerprint density at radius 1 is 1.25 bits per heavy atom. The van der Waals surface area contributed by atoms with E-state index in [1.165, 1.54) is 18.9 Å². The van der Waals surface area contributed by atoms with Gasteiger partial charge < -0.3 is 15.4 Å². The van der Waals surface area contributed by atoms with Crippen molar-refractivity contribution in [2.75, 3.05) is 24.3 Å². The number of nitrogens with one attached hydrogen (secondary N) is 2. The lowest BCUT2D eigenvalue weighted by Crippen LogP contribution is -2.30. The van der Waals surface area contributed by atoms with Crippen molar-refractivity contribution in [2.45, 2.75) is 31.4 Å². The maximum absolute atomic E-state index is 11.0. The Morgan fingerprint density at radius 3 is 2.65 bits per heavy atom. The molecule has 0 spiro atoms. The van der Waals surface area contributed by atoms with Gasteiger partial charge in [0.25, 0.3) is 5.69 Å². The van der Waals surface area contributed by atoms with E-state index in [4.69, 9.17) is 4.74 Å². The third-order valence-electron chi connectivity index (χ3n) is 3.99. The molecule has 0 bridgehead atoms. The zero-order chi connectivity index (χ0) is 14.1. The maximum Gasteiger partial charge on any atom is 0.273 e. The van der Waals surface area contributed by atoms with Crippen LogP contribution >= 0.6 is 0 Å². The number of rotatable bonds is 5. The van der Waals surface area contributed by atoms with Crippen molar-refractivity contribution in [1.29, 1.82) is 0 Å². The number of hydrogen-bond donors (Lipinski definition) is 2. The summed E-state index contributed by atoms with van der Waals surface area (Å²) in [5.74, 6) is 0.664. The highest BCUT2D eigenvalue weighted by atomic mass is 16.6. The highest BCUT2D eigenvalue weighted by Gasteiger charge is 2.40. The fraction of sp³-hybridized carbons (Fsp3) is 0.571. The SMILES string of the molecule is CNc1cc(NC2CCOC2C2CC2)cc([N+](=O)[O-])c1. The van der Waals surface area contributed by atoms with Crippen LogP contribution in [0.2, 0.25) is 0 Å². The van der Waals surface area contributed by atoms with E-state index in [0.717, 1.165) is 24.4 Å². The molecule has 6 nitrogen and oxygen atoms in total. The number of hydrogen-bond acceptors (Lipinski definition) is 5. The van der Waals surface area contributed by atoms with Gasteiger partial charge in [0.1, 0.15) is 0 Å². The van der Waals surface area contributed by atoms with Gasteiger partial charge in [0.05, 0.1) is 17.1 Å². The van der Waals surface area contributed by atoms with Crippen LogP contribution in [0.4, 0.5) is 17.1 Å². The van der Waals surface area contributed by atoms with Crippen molar-refractivity contribution in [3.8, 4) is 0 Å². The molecule has 2 N–H and O–H groups in total. The van der Waals surface area contributed by atoms with Gasteiger partial charge in [-0.15, -0.1) is 0 Å². The molecule has 20 heavy (non-hydrogen) atoms. The molecular weight excluding hydrogens is 258 g/mol. The number of nitro benzene ring substituents is 1. The predicted octanol–water partition coefficient (Wildman–Crippen LogP) is 2.62. The average Bonchev–Trinajstić information content (AvgIpc) is 3.19. The Morgan fingerprint density at radius 2 is 2.00 bits per heavy atom. The van der Waals surface area contributed by atoms with E-state index in [1.807, 2.05) is 6.07 Å². The summed E-state index contributed by atoms with van der Waals surface area (Å²) < 4.78 is 5.78. The molecule has 1 saturated heterocycles. The first-order valence-corrected chi connectivity index (χ1v) is 7.03. The molecule has 1 saturated carbocycles. The number of ether oxygens (including phenoxy) is 1. The van der Waals surface area contributed by atoms with Crippen LogP contribution in [-0.4, -0.2) is 30.7 Å². The largest absolute Gasteiger partial charge is 0.388 e. The quantitative estimate of drug-likeness (QED) is 0.639. The Balaban J connectivity index is 1.78. The van der Waals surface area contributed by atoms with Gasteiger partial charge in [-0.25, -0.2) is 0 Å². The molecule has 2 atom stereocenters. The summed E-state index contributed by atoms with van der Waals surface area (Å²) in [7, 11) is 1.76. The minimum atomic E-state index is -0.366. The highest BCUT2D eigenvalue weighted by Crippen LogP contribution is 2.40. The number of benzene rings is 1. The van der Waals surface area contributed by atoms with Crippen LogP contribution in [0.1, 0.15) is 19.3 Å². The van der Waals surface area contributed by atoms with Crippen LogP contribution in [0.15, 0.2) is 18.2 Å². The Bertz CT molecular complexity index is 516. The lowest BCUT2D eigenvalue weighted by molar-refractivity contribution is -0.384. The number of anilines is 2. The second-order valence-electron chi connectivity index (χ2n) is 5.49. The summed E-state index contributed by atoms with van der Waals surface area (Å²) in [6, 6.07) is 5.28. The van der Waals surface area contributed by atoms with E-state index in [1.54, 1.807) is 13.1 Å². The van der Waals surface area contributed by atoms with E-state index in [2.05, 4.69) is 10.6 Å². The molecule has 2 unspecified atom stereocenters. The van der Waals surface area contributed by atoms with Crippen molar-refractivity contribution >= 4 is 17.1 Å². The molecular formula is C14H19N3O3. The summed E-state index contributed by atoms with van der Waals surface area (Å²) >= 11 is 0. The summed E-state index contributed by atoms with van der Waals surface area (Å²) in [4.78, 5) is 10.6. The first-order valence-electron chi connectivity index (χ1n) is 7.03. The molecule has 2 aliphatic rings. The second kappa shape index (κ2) is 5.28.